The first kappa shape index (κ1) is 15.0. The summed E-state index contributed by atoms with van der Waals surface area (Å²) in [6.45, 7) is 2.65. The molecule has 23 heavy (non-hydrogen) atoms. The van der Waals surface area contributed by atoms with Crippen LogP contribution in [-0.2, 0) is 6.42 Å². The van der Waals surface area contributed by atoms with Gasteiger partial charge in [-0.1, -0.05) is 110 Å². The maximum Gasteiger partial charge on any atom is 0.114 e. The van der Waals surface area contributed by atoms with Crippen LogP contribution in [0, 0.1) is 0 Å². The molecule has 0 nitrogen and oxygen atoms in total. The van der Waals surface area contributed by atoms with Crippen LogP contribution in [0.1, 0.15) is 43.2 Å². The van der Waals surface area contributed by atoms with E-state index in [0.717, 1.165) is 5.54 Å². The average molecular weight is 319 g/mol. The summed E-state index contributed by atoms with van der Waals surface area (Å²) in [6.07, 6.45) is 10.9. The van der Waals surface area contributed by atoms with Crippen LogP contribution in [0.4, 0.5) is 0 Å². The lowest BCUT2D eigenvalue weighted by Gasteiger charge is -2.40. The summed E-state index contributed by atoms with van der Waals surface area (Å²) in [7, 11) is -1.63. The number of fused-ring (bicyclic) bond motifs is 1. The fourth-order valence-electron chi connectivity index (χ4n) is 4.76. The summed E-state index contributed by atoms with van der Waals surface area (Å²) in [5.41, 5.74) is 3.92. The number of rotatable bonds is 3. The molecular weight excluding hydrogens is 292 g/mol. The molecule has 1 fully saturated rings. The highest BCUT2D eigenvalue weighted by Gasteiger charge is 2.42. The van der Waals surface area contributed by atoms with Crippen LogP contribution in [0.25, 0.3) is 6.08 Å². The summed E-state index contributed by atoms with van der Waals surface area (Å²) in [5, 5.41) is 3.41. The van der Waals surface area contributed by atoms with E-state index in [1.54, 1.807) is 10.4 Å². The zero-order valence-electron chi connectivity index (χ0n) is 14.1. The number of benzene rings is 2. The van der Waals surface area contributed by atoms with Crippen molar-refractivity contribution in [1.82, 2.24) is 0 Å². The molecule has 0 bridgehead atoms. The lowest BCUT2D eigenvalue weighted by molar-refractivity contribution is 0.494. The fourth-order valence-corrected chi connectivity index (χ4v) is 9.59. The second kappa shape index (κ2) is 6.12. The molecule has 0 spiro atoms. The monoisotopic (exact) mass is 318 g/mol. The topological polar surface area (TPSA) is 0 Å². The van der Waals surface area contributed by atoms with E-state index < -0.39 is 8.07 Å². The third-order valence-electron chi connectivity index (χ3n) is 6.23. The molecule has 0 radical (unpaired) electrons. The molecule has 1 unspecified atom stereocenters. The summed E-state index contributed by atoms with van der Waals surface area (Å²) < 4.78 is 0. The Morgan fingerprint density at radius 3 is 2.26 bits per heavy atom. The van der Waals surface area contributed by atoms with Gasteiger partial charge in [-0.05, 0) is 23.1 Å². The van der Waals surface area contributed by atoms with Crippen molar-refractivity contribution in [3.63, 3.8) is 0 Å². The van der Waals surface area contributed by atoms with E-state index in [1.807, 2.05) is 0 Å². The van der Waals surface area contributed by atoms with Crippen molar-refractivity contribution in [3.8, 4) is 0 Å². The SMILES string of the molecule is C[Si](C1=Cc2ccccc2C1)(c1ccccc1)C1CCCCC1. The van der Waals surface area contributed by atoms with Crippen LogP contribution in [0.15, 0.2) is 59.8 Å². The van der Waals surface area contributed by atoms with Crippen molar-refractivity contribution in [2.24, 2.45) is 0 Å². The lowest BCUT2D eigenvalue weighted by atomic mass is 10.0. The van der Waals surface area contributed by atoms with Crippen LogP contribution in [0.2, 0.25) is 12.1 Å². The normalized spacial score (nSPS) is 20.7. The maximum atomic E-state index is 2.65. The number of allylic oxidation sites excluding steroid dienone is 1. The first-order chi connectivity index (χ1) is 11.3. The Bertz CT molecular complexity index is 710. The Kier molecular flexibility index (Phi) is 3.98. The van der Waals surface area contributed by atoms with Gasteiger partial charge in [0, 0.05) is 0 Å². The standard InChI is InChI=1S/C22H26Si/c1-23(20-12-4-2-5-13-20,21-14-6-3-7-15-21)22-16-18-10-8-9-11-19(18)17-22/h2,4-5,8-13,16,21H,3,6-7,14-15,17H2,1H3. The van der Waals surface area contributed by atoms with Gasteiger partial charge in [0.15, 0.2) is 0 Å². The molecule has 0 aliphatic heterocycles. The van der Waals surface area contributed by atoms with Gasteiger partial charge in [-0.25, -0.2) is 0 Å². The van der Waals surface area contributed by atoms with Gasteiger partial charge in [0.1, 0.15) is 8.07 Å². The summed E-state index contributed by atoms with van der Waals surface area (Å²) in [6, 6.07) is 20.4. The Morgan fingerprint density at radius 2 is 1.52 bits per heavy atom. The van der Waals surface area contributed by atoms with Gasteiger partial charge >= 0.3 is 0 Å². The third kappa shape index (κ3) is 2.61. The molecule has 2 aliphatic rings. The van der Waals surface area contributed by atoms with Crippen LogP contribution in [0.5, 0.6) is 0 Å². The fraction of sp³-hybridized carbons (Fsp3) is 0.364. The third-order valence-corrected chi connectivity index (χ3v) is 11.6. The van der Waals surface area contributed by atoms with Crippen LogP contribution in [-0.4, -0.2) is 8.07 Å². The van der Waals surface area contributed by atoms with Crippen molar-refractivity contribution in [3.05, 3.63) is 70.9 Å². The Hall–Kier alpha value is -1.60. The van der Waals surface area contributed by atoms with Gasteiger partial charge < -0.3 is 0 Å². The van der Waals surface area contributed by atoms with Crippen molar-refractivity contribution in [1.29, 1.82) is 0 Å². The van der Waals surface area contributed by atoms with Gasteiger partial charge in [0.25, 0.3) is 0 Å². The first-order valence-corrected chi connectivity index (χ1v) is 11.7. The van der Waals surface area contributed by atoms with E-state index in [4.69, 9.17) is 0 Å². The Labute approximate surface area is 141 Å². The van der Waals surface area contributed by atoms with Gasteiger partial charge in [-0.3, -0.25) is 0 Å². The highest BCUT2D eigenvalue weighted by molar-refractivity contribution is 6.98. The molecule has 0 aromatic heterocycles. The van der Waals surface area contributed by atoms with Crippen molar-refractivity contribution in [2.75, 3.05) is 0 Å². The quantitative estimate of drug-likeness (QED) is 0.657. The largest absolute Gasteiger partial charge is 0.114 e. The summed E-state index contributed by atoms with van der Waals surface area (Å²) >= 11 is 0. The second-order valence-electron chi connectivity index (χ2n) is 7.45. The lowest BCUT2D eigenvalue weighted by Crippen LogP contribution is -2.51. The van der Waals surface area contributed by atoms with Gasteiger partial charge in [-0.2, -0.15) is 0 Å². The first-order valence-electron chi connectivity index (χ1n) is 9.13. The zero-order valence-corrected chi connectivity index (χ0v) is 15.1. The van der Waals surface area contributed by atoms with Crippen LogP contribution >= 0.6 is 0 Å². The Morgan fingerprint density at radius 1 is 0.826 bits per heavy atom. The van der Waals surface area contributed by atoms with Crippen LogP contribution in [0.3, 0.4) is 0 Å². The molecule has 0 N–H and O–H groups in total. The van der Waals surface area contributed by atoms with Gasteiger partial charge in [-0.15, -0.1) is 0 Å². The predicted molar refractivity (Wildman–Crippen MR) is 103 cm³/mol. The van der Waals surface area contributed by atoms with Crippen LogP contribution < -0.4 is 5.19 Å². The minimum atomic E-state index is -1.63. The molecule has 0 amide bonds. The Balaban J connectivity index is 1.78. The molecule has 1 saturated carbocycles. The summed E-state index contributed by atoms with van der Waals surface area (Å²) in [5.74, 6) is 0. The second-order valence-corrected chi connectivity index (χ2v) is 11.9. The molecule has 0 heterocycles. The molecule has 2 aliphatic carbocycles. The molecule has 4 rings (SSSR count). The number of hydrogen-bond acceptors (Lipinski definition) is 0. The van der Waals surface area contributed by atoms with E-state index in [2.05, 4.69) is 67.2 Å². The van der Waals surface area contributed by atoms with E-state index in [-0.39, 0.29) is 0 Å². The molecule has 0 saturated heterocycles. The molecule has 118 valence electrons. The predicted octanol–water partition coefficient (Wildman–Crippen LogP) is 5.49. The minimum Gasteiger partial charge on any atom is -0.0706 e. The minimum absolute atomic E-state index is 0.916. The van der Waals surface area contributed by atoms with E-state index in [1.165, 1.54) is 49.7 Å². The van der Waals surface area contributed by atoms with Gasteiger partial charge in [0.05, 0.1) is 0 Å². The molecular formula is C22H26Si. The van der Waals surface area contributed by atoms with Crippen molar-refractivity contribution in [2.45, 2.75) is 50.6 Å². The van der Waals surface area contributed by atoms with E-state index in [0.29, 0.717) is 0 Å². The highest BCUT2D eigenvalue weighted by atomic mass is 28.3. The molecule has 2 aromatic carbocycles. The molecule has 2 aromatic rings. The van der Waals surface area contributed by atoms with Crippen molar-refractivity contribution >= 4 is 19.3 Å². The average Bonchev–Trinajstić information content (AvgIpc) is 3.07. The van der Waals surface area contributed by atoms with Gasteiger partial charge in [0.2, 0.25) is 0 Å². The van der Waals surface area contributed by atoms with Crippen molar-refractivity contribution < 1.29 is 0 Å². The summed E-state index contributed by atoms with van der Waals surface area (Å²) in [4.78, 5) is 0. The maximum absolute atomic E-state index is 2.65. The smallest absolute Gasteiger partial charge is 0.0706 e. The molecule has 1 heteroatoms. The van der Waals surface area contributed by atoms with E-state index in [9.17, 15) is 0 Å². The van der Waals surface area contributed by atoms with E-state index >= 15 is 0 Å². The highest BCUT2D eigenvalue weighted by Crippen LogP contribution is 2.43. The number of hydrogen-bond donors (Lipinski definition) is 0. The zero-order chi connectivity index (χ0) is 15.7. The molecule has 1 atom stereocenters.